The smallest absolute Gasteiger partial charge is 0.325 e. The lowest BCUT2D eigenvalue weighted by Gasteiger charge is -2.19. The summed E-state index contributed by atoms with van der Waals surface area (Å²) in [7, 11) is 0. The summed E-state index contributed by atoms with van der Waals surface area (Å²) in [5.74, 6) is 0.360. The molecule has 9 heteroatoms. The van der Waals surface area contributed by atoms with Crippen LogP contribution in [0.2, 0.25) is 0 Å². The van der Waals surface area contributed by atoms with Gasteiger partial charge in [-0.1, -0.05) is 30.3 Å². The summed E-state index contributed by atoms with van der Waals surface area (Å²) in [6, 6.07) is 16.7. The van der Waals surface area contributed by atoms with E-state index in [1.165, 1.54) is 0 Å². The molecule has 3 heterocycles. The number of carbonyl (C=O) groups excluding carboxylic acids is 2. The van der Waals surface area contributed by atoms with Crippen LogP contribution in [0, 0.1) is 0 Å². The van der Waals surface area contributed by atoms with E-state index in [0.29, 0.717) is 47.0 Å². The van der Waals surface area contributed by atoms with E-state index in [2.05, 4.69) is 10.4 Å². The van der Waals surface area contributed by atoms with Crippen LogP contribution in [-0.2, 0) is 16.1 Å². The molecule has 0 aliphatic carbocycles. The molecule has 2 aromatic carbocycles. The van der Waals surface area contributed by atoms with Gasteiger partial charge in [-0.3, -0.25) is 9.59 Å². The van der Waals surface area contributed by atoms with Crippen molar-refractivity contribution in [1.29, 1.82) is 0 Å². The van der Waals surface area contributed by atoms with Crippen LogP contribution in [0.4, 0.5) is 0 Å². The maximum absolute atomic E-state index is 13.2. The third-order valence-electron chi connectivity index (χ3n) is 5.77. The molecular formula is C27H26N4O5. The molecule has 2 aromatic heterocycles. The van der Waals surface area contributed by atoms with E-state index in [1.54, 1.807) is 16.9 Å². The zero-order valence-corrected chi connectivity index (χ0v) is 20.1. The Morgan fingerprint density at radius 3 is 2.61 bits per heavy atom. The maximum atomic E-state index is 13.2. The first-order valence-electron chi connectivity index (χ1n) is 11.8. The second-order valence-electron chi connectivity index (χ2n) is 8.66. The van der Waals surface area contributed by atoms with E-state index >= 15 is 0 Å². The van der Waals surface area contributed by atoms with Gasteiger partial charge in [-0.05, 0) is 43.7 Å². The average Bonchev–Trinajstić information content (AvgIpc) is 3.35. The Morgan fingerprint density at radius 1 is 1.06 bits per heavy atom. The predicted molar refractivity (Wildman–Crippen MR) is 133 cm³/mol. The molecule has 5 rings (SSSR count). The van der Waals surface area contributed by atoms with E-state index in [0.717, 1.165) is 11.1 Å². The number of fused-ring (bicyclic) bond motifs is 2. The topological polar surface area (TPSA) is 105 Å². The summed E-state index contributed by atoms with van der Waals surface area (Å²) in [6.45, 7) is 4.84. The van der Waals surface area contributed by atoms with Gasteiger partial charge in [-0.25, -0.2) is 9.67 Å². The molecule has 1 aliphatic rings. The van der Waals surface area contributed by atoms with Crippen LogP contribution in [0.1, 0.15) is 35.8 Å². The zero-order valence-electron chi connectivity index (χ0n) is 20.1. The number of nitrogens with one attached hydrogen (secondary N) is 1. The molecule has 0 fully saturated rings. The number of hydrogen-bond acceptors (Lipinski definition) is 7. The summed E-state index contributed by atoms with van der Waals surface area (Å²) < 4.78 is 18.4. The number of carbonyl (C=O) groups is 2. The van der Waals surface area contributed by atoms with Crippen LogP contribution in [0.15, 0.2) is 60.8 Å². The molecule has 0 saturated carbocycles. The van der Waals surface area contributed by atoms with Crippen molar-refractivity contribution < 1.29 is 23.8 Å². The van der Waals surface area contributed by atoms with Gasteiger partial charge in [0.15, 0.2) is 17.1 Å². The lowest BCUT2D eigenvalue weighted by Crippen LogP contribution is -2.30. The summed E-state index contributed by atoms with van der Waals surface area (Å²) >= 11 is 0. The molecule has 0 saturated heterocycles. The standard InChI is InChI=1S/C27H26N4O5/c1-17(2)31-26-21(14-29-31)20(27(33)28-15-25(32)36-16-18-6-4-3-5-7-18)13-22(30-26)19-8-9-23-24(12-19)35-11-10-34-23/h3-9,12-14,17H,10-11,15-16H2,1-2H3,(H,28,33). The predicted octanol–water partition coefficient (Wildman–Crippen LogP) is 3.92. The minimum atomic E-state index is -0.526. The zero-order chi connectivity index (χ0) is 25.1. The number of amides is 1. The second kappa shape index (κ2) is 10.1. The minimum absolute atomic E-state index is 0.0365. The molecule has 0 bridgehead atoms. The van der Waals surface area contributed by atoms with E-state index in [9.17, 15) is 9.59 Å². The molecule has 0 spiro atoms. The molecule has 0 unspecified atom stereocenters. The van der Waals surface area contributed by atoms with Gasteiger partial charge in [0, 0.05) is 11.6 Å². The van der Waals surface area contributed by atoms with Crippen molar-refractivity contribution in [3.63, 3.8) is 0 Å². The van der Waals surface area contributed by atoms with Crippen molar-refractivity contribution in [2.75, 3.05) is 19.8 Å². The third-order valence-corrected chi connectivity index (χ3v) is 5.77. The SMILES string of the molecule is CC(C)n1ncc2c(C(=O)NCC(=O)OCc3ccccc3)cc(-c3ccc4c(c3)OCCO4)nc21. The highest BCUT2D eigenvalue weighted by Gasteiger charge is 2.20. The first kappa shape index (κ1) is 23.3. The van der Waals surface area contributed by atoms with Gasteiger partial charge in [0.1, 0.15) is 26.4 Å². The summed E-state index contributed by atoms with van der Waals surface area (Å²) in [5, 5.41) is 7.71. The number of hydrogen-bond donors (Lipinski definition) is 1. The Labute approximate surface area is 208 Å². The Balaban J connectivity index is 1.40. The lowest BCUT2D eigenvalue weighted by molar-refractivity contribution is -0.143. The van der Waals surface area contributed by atoms with Crippen molar-refractivity contribution in [3.8, 4) is 22.8 Å². The van der Waals surface area contributed by atoms with Crippen LogP contribution in [0.3, 0.4) is 0 Å². The fourth-order valence-corrected chi connectivity index (χ4v) is 3.97. The Bertz CT molecular complexity index is 1410. The van der Waals surface area contributed by atoms with E-state index in [-0.39, 0.29) is 19.2 Å². The Morgan fingerprint density at radius 2 is 1.83 bits per heavy atom. The second-order valence-corrected chi connectivity index (χ2v) is 8.66. The molecule has 1 N–H and O–H groups in total. The van der Waals surface area contributed by atoms with Crippen molar-refractivity contribution in [3.05, 3.63) is 71.9 Å². The van der Waals surface area contributed by atoms with Crippen LogP contribution in [0.5, 0.6) is 11.5 Å². The fourth-order valence-electron chi connectivity index (χ4n) is 3.97. The third kappa shape index (κ3) is 4.86. The number of ether oxygens (including phenoxy) is 3. The van der Waals surface area contributed by atoms with Gasteiger partial charge >= 0.3 is 5.97 Å². The first-order chi connectivity index (χ1) is 17.5. The first-order valence-corrected chi connectivity index (χ1v) is 11.8. The van der Waals surface area contributed by atoms with Crippen LogP contribution < -0.4 is 14.8 Å². The number of pyridine rings is 1. The van der Waals surface area contributed by atoms with Crippen molar-refractivity contribution in [2.45, 2.75) is 26.5 Å². The Kier molecular flexibility index (Phi) is 6.53. The Hall–Kier alpha value is -4.40. The van der Waals surface area contributed by atoms with Crippen molar-refractivity contribution >= 4 is 22.9 Å². The van der Waals surface area contributed by atoms with E-state index in [1.807, 2.05) is 62.4 Å². The highest BCUT2D eigenvalue weighted by atomic mass is 16.6. The number of esters is 1. The van der Waals surface area contributed by atoms with Gasteiger partial charge in [0.25, 0.3) is 5.91 Å². The molecule has 4 aromatic rings. The molecule has 1 amide bonds. The average molecular weight is 487 g/mol. The summed E-state index contributed by atoms with van der Waals surface area (Å²) in [4.78, 5) is 30.3. The van der Waals surface area contributed by atoms with Gasteiger partial charge < -0.3 is 19.5 Å². The monoisotopic (exact) mass is 486 g/mol. The summed E-state index contributed by atoms with van der Waals surface area (Å²) in [6.07, 6.45) is 1.62. The number of benzene rings is 2. The van der Waals surface area contributed by atoms with E-state index < -0.39 is 11.9 Å². The number of nitrogens with zero attached hydrogens (tertiary/aromatic N) is 3. The summed E-state index contributed by atoms with van der Waals surface area (Å²) in [5.41, 5.74) is 3.17. The molecule has 36 heavy (non-hydrogen) atoms. The molecular weight excluding hydrogens is 460 g/mol. The molecule has 0 radical (unpaired) electrons. The number of aromatic nitrogens is 3. The highest BCUT2D eigenvalue weighted by Crippen LogP contribution is 2.35. The van der Waals surface area contributed by atoms with Gasteiger partial charge in [0.05, 0.1) is 22.8 Å². The normalized spacial score (nSPS) is 12.5. The van der Waals surface area contributed by atoms with Crippen molar-refractivity contribution in [2.24, 2.45) is 0 Å². The van der Waals surface area contributed by atoms with Gasteiger partial charge in [-0.15, -0.1) is 0 Å². The van der Waals surface area contributed by atoms with Crippen LogP contribution in [-0.4, -0.2) is 46.4 Å². The molecule has 184 valence electrons. The van der Waals surface area contributed by atoms with Crippen LogP contribution >= 0.6 is 0 Å². The van der Waals surface area contributed by atoms with Gasteiger partial charge in [0.2, 0.25) is 0 Å². The lowest BCUT2D eigenvalue weighted by atomic mass is 10.1. The maximum Gasteiger partial charge on any atom is 0.325 e. The van der Waals surface area contributed by atoms with E-state index in [4.69, 9.17) is 19.2 Å². The minimum Gasteiger partial charge on any atom is -0.486 e. The molecule has 1 aliphatic heterocycles. The van der Waals surface area contributed by atoms with Crippen LogP contribution in [0.25, 0.3) is 22.3 Å². The highest BCUT2D eigenvalue weighted by molar-refractivity contribution is 6.07. The molecule has 9 nitrogen and oxygen atoms in total. The quantitative estimate of drug-likeness (QED) is 0.395. The molecule has 0 atom stereocenters. The van der Waals surface area contributed by atoms with Crippen molar-refractivity contribution in [1.82, 2.24) is 20.1 Å². The fraction of sp³-hybridized carbons (Fsp3) is 0.259. The largest absolute Gasteiger partial charge is 0.486 e. The van der Waals surface area contributed by atoms with Gasteiger partial charge in [-0.2, -0.15) is 5.10 Å². The number of rotatable bonds is 7.